The van der Waals surface area contributed by atoms with E-state index in [2.05, 4.69) is 27.5 Å². The van der Waals surface area contributed by atoms with Crippen LogP contribution in [-0.2, 0) is 14.4 Å². The average molecular weight is 559 g/mol. The number of primary amides is 1. The van der Waals surface area contributed by atoms with Crippen molar-refractivity contribution in [2.75, 3.05) is 61.8 Å². The van der Waals surface area contributed by atoms with Crippen LogP contribution in [0.25, 0.3) is 11.3 Å². The fourth-order valence-electron chi connectivity index (χ4n) is 4.91. The minimum atomic E-state index is -0.587. The van der Waals surface area contributed by atoms with E-state index in [-0.39, 0.29) is 24.9 Å². The zero-order valence-corrected chi connectivity index (χ0v) is 22.9. The zero-order chi connectivity index (χ0) is 28.2. The van der Waals surface area contributed by atoms with Crippen molar-refractivity contribution < 1.29 is 14.4 Å². The molecule has 0 saturated carbocycles. The quantitative estimate of drug-likeness (QED) is 0.366. The highest BCUT2D eigenvalue weighted by molar-refractivity contribution is 6.38. The SMILES string of the molecule is CN1CCN(CC(=O)N(CC(N)=O)c2ccc(N/C(=C3\C(=O)Nc4cc(Cl)ccc43)c3ccccc3)cc2)CC1. The second kappa shape index (κ2) is 11.9. The van der Waals surface area contributed by atoms with E-state index in [1.165, 1.54) is 4.90 Å². The molecule has 0 unspecified atom stereocenters. The maximum Gasteiger partial charge on any atom is 0.258 e. The van der Waals surface area contributed by atoms with Gasteiger partial charge in [0.25, 0.3) is 5.91 Å². The van der Waals surface area contributed by atoms with Gasteiger partial charge in [0.05, 0.1) is 23.5 Å². The first kappa shape index (κ1) is 27.4. The van der Waals surface area contributed by atoms with Gasteiger partial charge >= 0.3 is 0 Å². The van der Waals surface area contributed by atoms with Crippen LogP contribution in [0.1, 0.15) is 11.1 Å². The second-order valence-electron chi connectivity index (χ2n) is 9.96. The molecule has 10 heteroatoms. The lowest BCUT2D eigenvalue weighted by atomic mass is 10.00. The molecule has 0 atom stereocenters. The second-order valence-corrected chi connectivity index (χ2v) is 10.4. The highest BCUT2D eigenvalue weighted by Crippen LogP contribution is 2.38. The average Bonchev–Trinajstić information content (AvgIpc) is 3.26. The lowest BCUT2D eigenvalue weighted by molar-refractivity contribution is -0.123. The molecule has 2 aliphatic heterocycles. The number of hydrogen-bond donors (Lipinski definition) is 3. The molecular formula is C30H31ClN6O3. The van der Waals surface area contributed by atoms with Crippen LogP contribution >= 0.6 is 11.6 Å². The van der Waals surface area contributed by atoms with Crippen molar-refractivity contribution in [3.63, 3.8) is 0 Å². The first-order valence-corrected chi connectivity index (χ1v) is 13.4. The first-order valence-electron chi connectivity index (χ1n) is 13.1. The Labute approximate surface area is 238 Å². The zero-order valence-electron chi connectivity index (χ0n) is 22.2. The number of nitrogens with one attached hydrogen (secondary N) is 2. The summed E-state index contributed by atoms with van der Waals surface area (Å²) < 4.78 is 0. The van der Waals surface area contributed by atoms with Crippen LogP contribution in [0.15, 0.2) is 72.8 Å². The molecule has 1 fully saturated rings. The molecule has 0 aliphatic carbocycles. The van der Waals surface area contributed by atoms with E-state index < -0.39 is 5.91 Å². The molecule has 40 heavy (non-hydrogen) atoms. The predicted molar refractivity (Wildman–Crippen MR) is 159 cm³/mol. The van der Waals surface area contributed by atoms with E-state index in [1.54, 1.807) is 24.3 Å². The molecule has 206 valence electrons. The van der Waals surface area contributed by atoms with Crippen molar-refractivity contribution >= 4 is 57.7 Å². The van der Waals surface area contributed by atoms with E-state index in [0.717, 1.165) is 37.3 Å². The summed E-state index contributed by atoms with van der Waals surface area (Å²) in [4.78, 5) is 43.9. The molecule has 2 heterocycles. The third-order valence-electron chi connectivity index (χ3n) is 7.06. The monoisotopic (exact) mass is 558 g/mol. The molecule has 4 N–H and O–H groups in total. The number of carbonyl (C=O) groups excluding carboxylic acids is 3. The number of nitrogens with zero attached hydrogens (tertiary/aromatic N) is 3. The summed E-state index contributed by atoms with van der Waals surface area (Å²) in [6, 6.07) is 22.0. The van der Waals surface area contributed by atoms with Crippen LogP contribution in [0, 0.1) is 0 Å². The van der Waals surface area contributed by atoms with Crippen molar-refractivity contribution in [1.29, 1.82) is 0 Å². The number of anilines is 3. The van der Waals surface area contributed by atoms with Crippen LogP contribution in [0.4, 0.5) is 17.1 Å². The summed E-state index contributed by atoms with van der Waals surface area (Å²) in [6.07, 6.45) is 0. The van der Waals surface area contributed by atoms with E-state index in [4.69, 9.17) is 17.3 Å². The number of halogens is 1. The molecule has 0 aromatic heterocycles. The molecule has 3 aromatic carbocycles. The number of hydrogen-bond acceptors (Lipinski definition) is 6. The van der Waals surface area contributed by atoms with E-state index in [9.17, 15) is 14.4 Å². The summed E-state index contributed by atoms with van der Waals surface area (Å²) >= 11 is 6.16. The molecule has 2 aliphatic rings. The van der Waals surface area contributed by atoms with Crippen molar-refractivity contribution in [2.24, 2.45) is 5.73 Å². The van der Waals surface area contributed by atoms with Crippen molar-refractivity contribution in [2.45, 2.75) is 0 Å². The van der Waals surface area contributed by atoms with Gasteiger partial charge in [0.2, 0.25) is 11.8 Å². The molecule has 3 amide bonds. The number of rotatable bonds is 8. The Hall–Kier alpha value is -4.18. The maximum atomic E-state index is 13.2. The highest BCUT2D eigenvalue weighted by Gasteiger charge is 2.29. The van der Waals surface area contributed by atoms with E-state index in [1.807, 2.05) is 48.5 Å². The van der Waals surface area contributed by atoms with Gasteiger partial charge in [0.15, 0.2) is 0 Å². The van der Waals surface area contributed by atoms with Crippen LogP contribution in [0.3, 0.4) is 0 Å². The van der Waals surface area contributed by atoms with Gasteiger partial charge in [-0.25, -0.2) is 0 Å². The van der Waals surface area contributed by atoms with Gasteiger partial charge in [-0.1, -0.05) is 48.0 Å². The van der Waals surface area contributed by atoms with Gasteiger partial charge < -0.3 is 26.2 Å². The minimum Gasteiger partial charge on any atom is -0.368 e. The van der Waals surface area contributed by atoms with E-state index >= 15 is 0 Å². The molecule has 9 nitrogen and oxygen atoms in total. The largest absolute Gasteiger partial charge is 0.368 e. The smallest absolute Gasteiger partial charge is 0.258 e. The van der Waals surface area contributed by atoms with Crippen LogP contribution in [0.2, 0.25) is 5.02 Å². The van der Waals surface area contributed by atoms with Gasteiger partial charge in [0.1, 0.15) is 6.54 Å². The summed E-state index contributed by atoms with van der Waals surface area (Å²) in [5.41, 5.74) is 10.1. The summed E-state index contributed by atoms with van der Waals surface area (Å²) in [7, 11) is 2.06. The molecule has 0 radical (unpaired) electrons. The molecule has 0 bridgehead atoms. The summed E-state index contributed by atoms with van der Waals surface area (Å²) in [5.74, 6) is -1.01. The Kier molecular flexibility index (Phi) is 8.16. The molecule has 0 spiro atoms. The third-order valence-corrected chi connectivity index (χ3v) is 7.29. The molecule has 5 rings (SSSR count). The van der Waals surface area contributed by atoms with Crippen molar-refractivity contribution in [3.05, 3.63) is 88.9 Å². The Morgan fingerprint density at radius 2 is 1.70 bits per heavy atom. The van der Waals surface area contributed by atoms with Gasteiger partial charge in [-0.15, -0.1) is 0 Å². The number of piperazine rings is 1. The van der Waals surface area contributed by atoms with Crippen LogP contribution in [0.5, 0.6) is 0 Å². The van der Waals surface area contributed by atoms with E-state index in [0.29, 0.717) is 33.4 Å². The number of fused-ring (bicyclic) bond motifs is 1. The Morgan fingerprint density at radius 3 is 2.38 bits per heavy atom. The fourth-order valence-corrected chi connectivity index (χ4v) is 5.08. The normalized spacial score (nSPS) is 16.7. The third kappa shape index (κ3) is 6.17. The topological polar surface area (TPSA) is 111 Å². The van der Waals surface area contributed by atoms with Gasteiger partial charge in [-0.2, -0.15) is 0 Å². The maximum absolute atomic E-state index is 13.2. The highest BCUT2D eigenvalue weighted by atomic mass is 35.5. The molecular weight excluding hydrogens is 528 g/mol. The van der Waals surface area contributed by atoms with Gasteiger partial charge in [-0.05, 0) is 49.0 Å². The summed E-state index contributed by atoms with van der Waals surface area (Å²) in [5, 5.41) is 6.84. The summed E-state index contributed by atoms with van der Waals surface area (Å²) in [6.45, 7) is 3.35. The number of carbonyl (C=O) groups is 3. The fraction of sp³-hybridized carbons (Fsp3) is 0.233. The molecule has 1 saturated heterocycles. The standard InChI is InChI=1S/C30H31ClN6O3/c1-35-13-15-36(16-14-35)19-27(39)37(18-26(32)38)23-10-8-22(9-11-23)33-29(20-5-3-2-4-6-20)28-24-12-7-21(31)17-25(24)34-30(28)40/h2-12,17,33H,13-16,18-19H2,1H3,(H2,32,38)(H,34,40)/b29-28-. The van der Waals surface area contributed by atoms with Crippen molar-refractivity contribution in [1.82, 2.24) is 9.80 Å². The number of amides is 3. The number of nitrogens with two attached hydrogens (primary N) is 1. The lowest BCUT2D eigenvalue weighted by Crippen LogP contribution is -2.50. The molecule has 3 aromatic rings. The first-order chi connectivity index (χ1) is 19.3. The van der Waals surface area contributed by atoms with Gasteiger partial charge in [0, 0.05) is 48.1 Å². The van der Waals surface area contributed by atoms with Crippen LogP contribution in [-0.4, -0.2) is 73.8 Å². The van der Waals surface area contributed by atoms with Crippen LogP contribution < -0.4 is 21.3 Å². The Morgan fingerprint density at radius 1 is 1.00 bits per heavy atom. The van der Waals surface area contributed by atoms with Crippen molar-refractivity contribution in [3.8, 4) is 0 Å². The Balaban J connectivity index is 1.42. The predicted octanol–water partition coefficient (Wildman–Crippen LogP) is 3.34. The van der Waals surface area contributed by atoms with Gasteiger partial charge in [-0.3, -0.25) is 19.3 Å². The number of likely N-dealkylation sites (N-methyl/N-ethyl adjacent to an activating group) is 1. The lowest BCUT2D eigenvalue weighted by Gasteiger charge is -2.33. The number of benzene rings is 3. The Bertz CT molecular complexity index is 1450. The minimum absolute atomic E-state index is 0.186.